The number of hydrogen-bond donors (Lipinski definition) is 0. The Kier molecular flexibility index (Phi) is 1.78. The van der Waals surface area contributed by atoms with Gasteiger partial charge in [-0.05, 0) is 34.5 Å². The van der Waals surface area contributed by atoms with Crippen LogP contribution >= 0.6 is 0 Å². The topological polar surface area (TPSA) is 12.5 Å². The van der Waals surface area contributed by atoms with Crippen LogP contribution in [0.25, 0.3) is 0 Å². The van der Waals surface area contributed by atoms with E-state index in [0.29, 0.717) is 6.54 Å². The van der Waals surface area contributed by atoms with Crippen LogP contribution in [0.4, 0.5) is 0 Å². The van der Waals surface area contributed by atoms with E-state index in [9.17, 15) is 0 Å². The van der Waals surface area contributed by atoms with Gasteiger partial charge in [-0.3, -0.25) is 4.90 Å². The summed E-state index contributed by atoms with van der Waals surface area (Å²) in [6.07, 6.45) is -0.663. The Balaban J connectivity index is 2.73. The second kappa shape index (κ2) is 3.35. The predicted molar refractivity (Wildman–Crippen MR) is 51.3 cm³/mol. The molecule has 0 radical (unpaired) electrons. The third-order valence-corrected chi connectivity index (χ3v) is 2.21. The van der Waals surface area contributed by atoms with Gasteiger partial charge in [0.25, 0.3) is 0 Å². The van der Waals surface area contributed by atoms with Gasteiger partial charge in [-0.1, -0.05) is 0 Å². The molecule has 1 aliphatic rings. The fourth-order valence-electron chi connectivity index (χ4n) is 1.50. The van der Waals surface area contributed by atoms with Crippen molar-refractivity contribution < 1.29 is 8.85 Å². The third kappa shape index (κ3) is 2.46. The van der Waals surface area contributed by atoms with Crippen LogP contribution in [0.2, 0.25) is 0 Å². The highest BCUT2D eigenvalue weighted by atomic mass is 16.5. The first-order chi connectivity index (χ1) is 6.60. The van der Waals surface area contributed by atoms with Crippen molar-refractivity contribution in [3.8, 4) is 0 Å². The van der Waals surface area contributed by atoms with Crippen molar-refractivity contribution in [2.45, 2.75) is 52.3 Å². The summed E-state index contributed by atoms with van der Waals surface area (Å²) in [5.41, 5.74) is 0.00153. The van der Waals surface area contributed by atoms with Gasteiger partial charge in [-0.15, -0.1) is 0 Å². The minimum Gasteiger partial charge on any atom is -0.373 e. The Morgan fingerprint density at radius 1 is 1.33 bits per heavy atom. The molecule has 1 fully saturated rings. The first kappa shape index (κ1) is 6.39. The van der Waals surface area contributed by atoms with Crippen molar-refractivity contribution in [2.24, 2.45) is 0 Å². The molecular formula is C10H21NO. The average molecular weight is 174 g/mol. The van der Waals surface area contributed by atoms with E-state index in [2.05, 4.69) is 25.7 Å². The molecule has 0 aliphatic carbocycles. The average Bonchev–Trinajstić information content (AvgIpc) is 1.99. The van der Waals surface area contributed by atoms with Crippen LogP contribution in [-0.4, -0.2) is 35.7 Å². The van der Waals surface area contributed by atoms with Crippen LogP contribution in [0.5, 0.6) is 0 Å². The molecule has 2 unspecified atom stereocenters. The molecule has 0 aromatic rings. The summed E-state index contributed by atoms with van der Waals surface area (Å²) in [5, 5.41) is 0. The van der Waals surface area contributed by atoms with Gasteiger partial charge >= 0.3 is 0 Å². The quantitative estimate of drug-likeness (QED) is 0.556. The lowest BCUT2D eigenvalue weighted by Gasteiger charge is -2.43. The van der Waals surface area contributed by atoms with Gasteiger partial charge in [0.2, 0.25) is 0 Å². The van der Waals surface area contributed by atoms with Gasteiger partial charge in [0.1, 0.15) is 0 Å². The van der Waals surface area contributed by atoms with Crippen molar-refractivity contribution in [3.05, 3.63) is 0 Å². The van der Waals surface area contributed by atoms with Crippen molar-refractivity contribution in [1.29, 1.82) is 0 Å². The van der Waals surface area contributed by atoms with Crippen LogP contribution in [0.3, 0.4) is 0 Å². The summed E-state index contributed by atoms with van der Waals surface area (Å²) >= 11 is 0. The molecule has 0 spiro atoms. The minimum absolute atomic E-state index is 0.00153. The molecule has 0 N–H and O–H groups in total. The lowest BCUT2D eigenvalue weighted by Crippen LogP contribution is -2.53. The van der Waals surface area contributed by atoms with E-state index in [1.807, 2.05) is 6.92 Å². The summed E-state index contributed by atoms with van der Waals surface area (Å²) in [7, 11) is 0. The third-order valence-electron chi connectivity index (χ3n) is 2.21. The number of ether oxygens (including phenoxy) is 1. The zero-order valence-electron chi connectivity index (χ0n) is 11.4. The van der Waals surface area contributed by atoms with Crippen LogP contribution in [0.15, 0.2) is 0 Å². The predicted octanol–water partition coefficient (Wildman–Crippen LogP) is 1.89. The lowest BCUT2D eigenvalue weighted by molar-refractivity contribution is -0.0924. The smallest absolute Gasteiger partial charge is 0.0678 e. The Bertz CT molecular complexity index is 200. The second-order valence-corrected chi connectivity index (χ2v) is 4.51. The van der Waals surface area contributed by atoms with E-state index in [-0.39, 0.29) is 11.6 Å². The second-order valence-electron chi connectivity index (χ2n) is 4.51. The van der Waals surface area contributed by atoms with E-state index in [4.69, 9.17) is 8.85 Å². The Morgan fingerprint density at radius 3 is 2.42 bits per heavy atom. The standard InChI is InChI=1S/C10H21NO/c1-8-6-11(10(3,4)5)7-9(2)12-8/h8-9H,6-7H2,1-5H3/i1D3. The van der Waals surface area contributed by atoms with Crippen LogP contribution in [-0.2, 0) is 4.74 Å². The van der Waals surface area contributed by atoms with Crippen LogP contribution in [0.1, 0.15) is 38.7 Å². The molecule has 1 aliphatic heterocycles. The van der Waals surface area contributed by atoms with E-state index >= 15 is 0 Å². The van der Waals surface area contributed by atoms with Gasteiger partial charge in [-0.25, -0.2) is 0 Å². The van der Waals surface area contributed by atoms with E-state index in [1.165, 1.54) is 0 Å². The molecule has 1 heterocycles. The van der Waals surface area contributed by atoms with Crippen LogP contribution in [0, 0.1) is 0 Å². The molecule has 12 heavy (non-hydrogen) atoms. The van der Waals surface area contributed by atoms with E-state index in [0.717, 1.165) is 6.54 Å². The van der Waals surface area contributed by atoms with Crippen molar-refractivity contribution in [2.75, 3.05) is 13.1 Å². The summed E-state index contributed by atoms with van der Waals surface area (Å²) in [5.74, 6) is 0. The van der Waals surface area contributed by atoms with Gasteiger partial charge in [0.15, 0.2) is 0 Å². The summed E-state index contributed by atoms with van der Waals surface area (Å²) in [6.45, 7) is 7.50. The van der Waals surface area contributed by atoms with Crippen molar-refractivity contribution >= 4 is 0 Å². The normalized spacial score (nSPS) is 38.5. The number of hydrogen-bond acceptors (Lipinski definition) is 2. The van der Waals surface area contributed by atoms with Crippen molar-refractivity contribution in [1.82, 2.24) is 4.90 Å². The van der Waals surface area contributed by atoms with Gasteiger partial charge in [0.05, 0.1) is 12.2 Å². The summed E-state index contributed by atoms with van der Waals surface area (Å²) in [4.78, 5) is 2.18. The van der Waals surface area contributed by atoms with Crippen molar-refractivity contribution in [3.63, 3.8) is 0 Å². The molecule has 2 nitrogen and oxygen atoms in total. The maximum absolute atomic E-state index is 7.39. The van der Waals surface area contributed by atoms with E-state index < -0.39 is 13.0 Å². The molecule has 72 valence electrons. The monoisotopic (exact) mass is 174 g/mol. The number of nitrogens with zero attached hydrogens (tertiary/aromatic N) is 1. The SMILES string of the molecule is [2H]C([2H])([2H])C1CN(C(C)(C)C)CC(C)O1. The number of morpholine rings is 1. The molecule has 0 bridgehead atoms. The molecule has 0 aromatic heterocycles. The summed E-state index contributed by atoms with van der Waals surface area (Å²) < 4.78 is 27.6. The molecular weight excluding hydrogens is 150 g/mol. The van der Waals surface area contributed by atoms with Gasteiger partial charge < -0.3 is 4.74 Å². The Hall–Kier alpha value is -0.0800. The maximum Gasteiger partial charge on any atom is 0.0678 e. The fourth-order valence-corrected chi connectivity index (χ4v) is 1.50. The van der Waals surface area contributed by atoms with E-state index in [1.54, 1.807) is 0 Å². The highest BCUT2D eigenvalue weighted by Crippen LogP contribution is 2.19. The molecule has 2 heteroatoms. The first-order valence-electron chi connectivity index (χ1n) is 6.01. The zero-order valence-corrected chi connectivity index (χ0v) is 8.42. The minimum atomic E-state index is -2.02. The van der Waals surface area contributed by atoms with Crippen LogP contribution < -0.4 is 0 Å². The number of rotatable bonds is 0. The lowest BCUT2D eigenvalue weighted by atomic mass is 10.0. The molecule has 0 aromatic carbocycles. The Labute approximate surface area is 80.1 Å². The fraction of sp³-hybridized carbons (Fsp3) is 1.00. The molecule has 1 saturated heterocycles. The highest BCUT2D eigenvalue weighted by molar-refractivity contribution is 4.82. The Morgan fingerprint density at radius 2 is 1.92 bits per heavy atom. The largest absolute Gasteiger partial charge is 0.373 e. The molecule has 0 amide bonds. The molecule has 2 atom stereocenters. The highest BCUT2D eigenvalue weighted by Gasteiger charge is 2.29. The van der Waals surface area contributed by atoms with Gasteiger partial charge in [-0.2, -0.15) is 0 Å². The van der Waals surface area contributed by atoms with Gasteiger partial charge in [0, 0.05) is 22.7 Å². The first-order valence-corrected chi connectivity index (χ1v) is 4.51. The molecule has 0 saturated carbocycles. The zero-order chi connectivity index (χ0) is 11.9. The molecule has 1 rings (SSSR count). The maximum atomic E-state index is 7.39. The summed E-state index contributed by atoms with van der Waals surface area (Å²) in [6, 6.07) is 0.